The quantitative estimate of drug-likeness (QED) is 0.468. The Kier molecular flexibility index (Phi) is 5.91. The zero-order valence-electron chi connectivity index (χ0n) is 11.1. The Bertz CT molecular complexity index is 412. The lowest BCUT2D eigenvalue weighted by atomic mass is 10.2. The standard InChI is InChI=1S/C11H18N4O5/c1-2-3-12-11(20)14-9(17)6-15-5-8(16)13-4-7(15)10(18)19/h7H,2-6H2,1H3,(H,13,16)(H,18,19)(H2,12,14,17,20). The van der Waals surface area contributed by atoms with Gasteiger partial charge in [-0.05, 0) is 6.42 Å². The number of carboxylic acids is 1. The number of nitrogens with zero attached hydrogens (tertiary/aromatic N) is 1. The first-order valence-electron chi connectivity index (χ1n) is 6.25. The molecule has 1 aliphatic rings. The average Bonchev–Trinajstić information content (AvgIpc) is 2.35. The summed E-state index contributed by atoms with van der Waals surface area (Å²) >= 11 is 0. The number of piperazine rings is 1. The monoisotopic (exact) mass is 286 g/mol. The van der Waals surface area contributed by atoms with E-state index in [9.17, 15) is 19.2 Å². The Morgan fingerprint density at radius 2 is 2.15 bits per heavy atom. The number of imide groups is 1. The molecule has 0 radical (unpaired) electrons. The highest BCUT2D eigenvalue weighted by Gasteiger charge is 2.33. The number of hydrogen-bond acceptors (Lipinski definition) is 5. The molecule has 0 aromatic rings. The van der Waals surface area contributed by atoms with Crippen LogP contribution in [0.15, 0.2) is 0 Å². The van der Waals surface area contributed by atoms with E-state index < -0.39 is 23.9 Å². The SMILES string of the molecule is CCCNC(=O)NC(=O)CN1CC(=O)NCC1C(=O)O. The van der Waals surface area contributed by atoms with Crippen LogP contribution in [0, 0.1) is 0 Å². The third kappa shape index (κ3) is 4.84. The van der Waals surface area contributed by atoms with E-state index in [1.165, 1.54) is 4.90 Å². The summed E-state index contributed by atoms with van der Waals surface area (Å²) in [5.41, 5.74) is 0. The van der Waals surface area contributed by atoms with Gasteiger partial charge in [0.2, 0.25) is 11.8 Å². The minimum Gasteiger partial charge on any atom is -0.480 e. The van der Waals surface area contributed by atoms with Crippen LogP contribution < -0.4 is 16.0 Å². The highest BCUT2D eigenvalue weighted by molar-refractivity contribution is 5.96. The van der Waals surface area contributed by atoms with Crippen molar-refractivity contribution in [2.75, 3.05) is 26.2 Å². The van der Waals surface area contributed by atoms with Crippen molar-refractivity contribution in [1.29, 1.82) is 0 Å². The topological polar surface area (TPSA) is 128 Å². The molecule has 9 heteroatoms. The summed E-state index contributed by atoms with van der Waals surface area (Å²) in [5, 5.41) is 16.0. The first-order chi connectivity index (χ1) is 9.43. The summed E-state index contributed by atoms with van der Waals surface area (Å²) in [5.74, 6) is -2.14. The minimum absolute atomic E-state index is 0.0660. The minimum atomic E-state index is -1.13. The number of nitrogens with one attached hydrogen (secondary N) is 3. The zero-order valence-corrected chi connectivity index (χ0v) is 11.1. The van der Waals surface area contributed by atoms with Crippen molar-refractivity contribution in [3.05, 3.63) is 0 Å². The van der Waals surface area contributed by atoms with Gasteiger partial charge in [0.15, 0.2) is 0 Å². The van der Waals surface area contributed by atoms with Gasteiger partial charge in [-0.3, -0.25) is 24.6 Å². The van der Waals surface area contributed by atoms with Gasteiger partial charge in [0.05, 0.1) is 13.1 Å². The van der Waals surface area contributed by atoms with E-state index in [-0.39, 0.29) is 25.5 Å². The summed E-state index contributed by atoms with van der Waals surface area (Å²) < 4.78 is 0. The fourth-order valence-electron chi connectivity index (χ4n) is 1.73. The molecule has 0 aromatic heterocycles. The molecule has 0 saturated carbocycles. The normalized spacial score (nSPS) is 19.1. The van der Waals surface area contributed by atoms with Crippen molar-refractivity contribution in [3.63, 3.8) is 0 Å². The van der Waals surface area contributed by atoms with E-state index in [1.54, 1.807) is 0 Å². The van der Waals surface area contributed by atoms with Gasteiger partial charge in [-0.25, -0.2) is 4.79 Å². The van der Waals surface area contributed by atoms with Crippen molar-refractivity contribution in [1.82, 2.24) is 20.9 Å². The van der Waals surface area contributed by atoms with Crippen LogP contribution in [-0.4, -0.2) is 66.0 Å². The molecule has 112 valence electrons. The molecule has 1 aliphatic heterocycles. The Hall–Kier alpha value is -2.16. The zero-order chi connectivity index (χ0) is 15.1. The maximum atomic E-state index is 11.6. The number of carboxylic acid groups (broad SMARTS) is 1. The molecule has 20 heavy (non-hydrogen) atoms. The second kappa shape index (κ2) is 7.43. The molecule has 1 unspecified atom stereocenters. The molecule has 0 spiro atoms. The molecule has 9 nitrogen and oxygen atoms in total. The Balaban J connectivity index is 2.51. The number of urea groups is 1. The van der Waals surface area contributed by atoms with E-state index >= 15 is 0 Å². The fourth-order valence-corrected chi connectivity index (χ4v) is 1.73. The van der Waals surface area contributed by atoms with Crippen LogP contribution in [0.2, 0.25) is 0 Å². The van der Waals surface area contributed by atoms with Gasteiger partial charge in [0, 0.05) is 13.1 Å². The van der Waals surface area contributed by atoms with E-state index in [2.05, 4.69) is 16.0 Å². The second-order valence-corrected chi connectivity index (χ2v) is 4.37. The van der Waals surface area contributed by atoms with Crippen LogP contribution in [-0.2, 0) is 14.4 Å². The number of amides is 4. The van der Waals surface area contributed by atoms with Gasteiger partial charge < -0.3 is 15.7 Å². The van der Waals surface area contributed by atoms with Crippen LogP contribution >= 0.6 is 0 Å². The molecule has 1 atom stereocenters. The molecule has 0 bridgehead atoms. The third-order valence-corrected chi connectivity index (χ3v) is 2.70. The Labute approximate surface area is 115 Å². The molecule has 1 rings (SSSR count). The average molecular weight is 286 g/mol. The number of carbonyl (C=O) groups excluding carboxylic acids is 3. The summed E-state index contributed by atoms with van der Waals surface area (Å²) in [6.07, 6.45) is 0.731. The predicted molar refractivity (Wildman–Crippen MR) is 67.8 cm³/mol. The summed E-state index contributed by atoms with van der Waals surface area (Å²) in [7, 11) is 0. The number of rotatable bonds is 5. The van der Waals surface area contributed by atoms with Crippen LogP contribution in [0.5, 0.6) is 0 Å². The number of carbonyl (C=O) groups is 4. The van der Waals surface area contributed by atoms with Crippen molar-refractivity contribution >= 4 is 23.8 Å². The van der Waals surface area contributed by atoms with Gasteiger partial charge >= 0.3 is 12.0 Å². The molecule has 1 saturated heterocycles. The molecular formula is C11H18N4O5. The molecular weight excluding hydrogens is 268 g/mol. The van der Waals surface area contributed by atoms with E-state index in [0.29, 0.717) is 6.54 Å². The van der Waals surface area contributed by atoms with Crippen molar-refractivity contribution in [3.8, 4) is 0 Å². The molecule has 4 N–H and O–H groups in total. The smallest absolute Gasteiger partial charge is 0.322 e. The van der Waals surface area contributed by atoms with E-state index in [0.717, 1.165) is 6.42 Å². The van der Waals surface area contributed by atoms with Crippen molar-refractivity contribution in [2.45, 2.75) is 19.4 Å². The first-order valence-corrected chi connectivity index (χ1v) is 6.25. The lowest BCUT2D eigenvalue weighted by Gasteiger charge is -2.31. The lowest BCUT2D eigenvalue weighted by molar-refractivity contribution is -0.146. The number of aliphatic carboxylic acids is 1. The molecule has 0 aliphatic carbocycles. The largest absolute Gasteiger partial charge is 0.480 e. The van der Waals surface area contributed by atoms with Crippen LogP contribution in [0.1, 0.15) is 13.3 Å². The third-order valence-electron chi connectivity index (χ3n) is 2.70. The molecule has 1 heterocycles. The highest BCUT2D eigenvalue weighted by Crippen LogP contribution is 2.03. The molecule has 4 amide bonds. The van der Waals surface area contributed by atoms with Crippen LogP contribution in [0.25, 0.3) is 0 Å². The molecule has 0 aromatic carbocycles. The molecule has 1 fully saturated rings. The van der Waals surface area contributed by atoms with Crippen LogP contribution in [0.4, 0.5) is 4.79 Å². The summed E-state index contributed by atoms with van der Waals surface area (Å²) in [6, 6.07) is -1.61. The fraction of sp³-hybridized carbons (Fsp3) is 0.636. The predicted octanol–water partition coefficient (Wildman–Crippen LogP) is -1.89. The lowest BCUT2D eigenvalue weighted by Crippen LogP contribution is -2.59. The van der Waals surface area contributed by atoms with Gasteiger partial charge in [-0.1, -0.05) is 6.92 Å². The Morgan fingerprint density at radius 3 is 2.75 bits per heavy atom. The first kappa shape index (κ1) is 15.9. The Morgan fingerprint density at radius 1 is 1.45 bits per heavy atom. The maximum absolute atomic E-state index is 11.6. The van der Waals surface area contributed by atoms with Crippen molar-refractivity contribution < 1.29 is 24.3 Å². The summed E-state index contributed by atoms with van der Waals surface area (Å²) in [6.45, 7) is 1.71. The number of hydrogen-bond donors (Lipinski definition) is 4. The van der Waals surface area contributed by atoms with Gasteiger partial charge in [-0.15, -0.1) is 0 Å². The second-order valence-electron chi connectivity index (χ2n) is 4.37. The van der Waals surface area contributed by atoms with E-state index in [1.807, 2.05) is 6.92 Å². The van der Waals surface area contributed by atoms with Gasteiger partial charge in [0.25, 0.3) is 0 Å². The van der Waals surface area contributed by atoms with Crippen molar-refractivity contribution in [2.24, 2.45) is 0 Å². The van der Waals surface area contributed by atoms with E-state index in [4.69, 9.17) is 5.11 Å². The maximum Gasteiger partial charge on any atom is 0.322 e. The summed E-state index contributed by atoms with van der Waals surface area (Å²) in [4.78, 5) is 46.4. The van der Waals surface area contributed by atoms with Crippen LogP contribution in [0.3, 0.4) is 0 Å². The van der Waals surface area contributed by atoms with Gasteiger partial charge in [0.1, 0.15) is 6.04 Å². The van der Waals surface area contributed by atoms with Gasteiger partial charge in [-0.2, -0.15) is 0 Å². The highest BCUT2D eigenvalue weighted by atomic mass is 16.4.